The minimum Gasteiger partial charge on any atom is -0.404 e. The van der Waals surface area contributed by atoms with Gasteiger partial charge in [0.25, 0.3) is 11.8 Å². The van der Waals surface area contributed by atoms with E-state index in [1.807, 2.05) is 0 Å². The Morgan fingerprint density at radius 2 is 1.62 bits per heavy atom. The molecule has 1 aromatic rings. The summed E-state index contributed by atoms with van der Waals surface area (Å²) in [5.74, 6) is -2.37. The van der Waals surface area contributed by atoms with Gasteiger partial charge < -0.3 is 9.36 Å². The molecule has 0 radical (unpaired) electrons. The third-order valence-corrected chi connectivity index (χ3v) is 3.80. The highest BCUT2D eigenvalue weighted by Gasteiger charge is 2.32. The van der Waals surface area contributed by atoms with Crippen molar-refractivity contribution < 1.29 is 42.9 Å². The normalized spacial score (nSPS) is 14.5. The Morgan fingerprint density at radius 3 is 2.15 bits per heavy atom. The maximum absolute atomic E-state index is 11.9. The van der Waals surface area contributed by atoms with Crippen LogP contribution in [0.4, 0.5) is 0 Å². The van der Waals surface area contributed by atoms with Crippen LogP contribution >= 0.6 is 7.82 Å². The summed E-state index contributed by atoms with van der Waals surface area (Å²) in [5.41, 5.74) is 0.561. The number of amides is 2. The molecule has 1 saturated heterocycles. The lowest BCUT2D eigenvalue weighted by atomic mass is 10.1. The Morgan fingerprint density at radius 1 is 1.04 bits per heavy atom. The maximum atomic E-state index is 11.9. The second kappa shape index (κ2) is 8.22. The Balaban J connectivity index is 1.78. The number of benzene rings is 1. The van der Waals surface area contributed by atoms with Crippen molar-refractivity contribution in [3.8, 4) is 5.75 Å². The highest BCUT2D eigenvalue weighted by molar-refractivity contribution is 7.46. The Kier molecular flexibility index (Phi) is 6.25. The zero-order valence-electron chi connectivity index (χ0n) is 13.5. The second-order valence-electron chi connectivity index (χ2n) is 5.49. The summed E-state index contributed by atoms with van der Waals surface area (Å²) >= 11 is 0. The molecule has 26 heavy (non-hydrogen) atoms. The van der Waals surface area contributed by atoms with Gasteiger partial charge in [-0.25, -0.2) is 9.36 Å². The van der Waals surface area contributed by atoms with Crippen molar-refractivity contribution in [3.63, 3.8) is 0 Å². The zero-order chi connectivity index (χ0) is 19.3. The summed E-state index contributed by atoms with van der Waals surface area (Å²) in [5, 5.41) is 0.423. The summed E-state index contributed by atoms with van der Waals surface area (Å²) in [4.78, 5) is 68.2. The first kappa shape index (κ1) is 19.8. The van der Waals surface area contributed by atoms with Gasteiger partial charge >= 0.3 is 13.8 Å². The molecule has 2 rings (SSSR count). The highest BCUT2D eigenvalue weighted by atomic mass is 31.2. The van der Waals surface area contributed by atoms with Gasteiger partial charge in [-0.3, -0.25) is 24.2 Å². The second-order valence-corrected chi connectivity index (χ2v) is 6.65. The zero-order valence-corrected chi connectivity index (χ0v) is 14.4. The molecule has 0 bridgehead atoms. The van der Waals surface area contributed by atoms with Crippen LogP contribution in [0.25, 0.3) is 0 Å². The number of hydroxylamine groups is 2. The number of phosphoric acid groups is 1. The van der Waals surface area contributed by atoms with Gasteiger partial charge in [-0.1, -0.05) is 12.1 Å². The molecule has 0 aromatic heterocycles. The van der Waals surface area contributed by atoms with Gasteiger partial charge in [0, 0.05) is 25.7 Å². The summed E-state index contributed by atoms with van der Waals surface area (Å²) in [7, 11) is -4.64. The van der Waals surface area contributed by atoms with E-state index in [0.717, 1.165) is 0 Å². The molecule has 0 spiro atoms. The standard InChI is InChI=1S/C15H16NO9P/c17-11(3-8-15(20)24-16-13(18)6-7-14(16)19)9-10-1-4-12(5-2-10)25-26(21,22)23/h1-2,4-5H,3,6-9H2,(H2,21,22,23). The SMILES string of the molecule is O=C(CCC(=O)ON1C(=O)CCC1=O)Cc1ccc(OP(=O)(O)O)cc1. The number of hydrogen-bond donors (Lipinski definition) is 2. The maximum Gasteiger partial charge on any atom is 0.524 e. The van der Waals surface area contributed by atoms with Crippen molar-refractivity contribution in [1.82, 2.24) is 5.06 Å². The molecule has 2 N–H and O–H groups in total. The van der Waals surface area contributed by atoms with Gasteiger partial charge in [0.05, 0.1) is 6.42 Å². The molecule has 0 aliphatic carbocycles. The van der Waals surface area contributed by atoms with Gasteiger partial charge in [0.15, 0.2) is 0 Å². The van der Waals surface area contributed by atoms with Crippen LogP contribution in [0, 0.1) is 0 Å². The first-order valence-electron chi connectivity index (χ1n) is 7.56. The summed E-state index contributed by atoms with van der Waals surface area (Å²) in [6.45, 7) is 0. The number of carbonyl (C=O) groups excluding carboxylic acids is 4. The molecule has 140 valence electrons. The number of ketones is 1. The summed E-state index contributed by atoms with van der Waals surface area (Å²) < 4.78 is 15.1. The number of Topliss-reactive ketones (excluding diaryl/α,β-unsaturated/α-hetero) is 1. The number of carbonyl (C=O) groups is 4. The molecular formula is C15H16NO9P. The number of imide groups is 1. The van der Waals surface area contributed by atoms with Crippen molar-refractivity contribution in [2.24, 2.45) is 0 Å². The van der Waals surface area contributed by atoms with Crippen molar-refractivity contribution >= 4 is 31.4 Å². The summed E-state index contributed by atoms with van der Waals surface area (Å²) in [6, 6.07) is 5.53. The predicted molar refractivity (Wildman–Crippen MR) is 84.2 cm³/mol. The number of nitrogens with zero attached hydrogens (tertiary/aromatic N) is 1. The van der Waals surface area contributed by atoms with E-state index in [2.05, 4.69) is 9.36 Å². The molecule has 10 nitrogen and oxygen atoms in total. The van der Waals surface area contributed by atoms with Crippen LogP contribution in [0.3, 0.4) is 0 Å². The van der Waals surface area contributed by atoms with E-state index in [1.165, 1.54) is 24.3 Å². The molecule has 11 heteroatoms. The molecular weight excluding hydrogens is 369 g/mol. The molecule has 0 unspecified atom stereocenters. The minimum atomic E-state index is -4.64. The van der Waals surface area contributed by atoms with Gasteiger partial charge in [0.2, 0.25) is 0 Å². The van der Waals surface area contributed by atoms with Crippen LogP contribution in [0.15, 0.2) is 24.3 Å². The van der Waals surface area contributed by atoms with Crippen LogP contribution in [0.5, 0.6) is 5.75 Å². The number of phosphoric ester groups is 1. The van der Waals surface area contributed by atoms with E-state index in [4.69, 9.17) is 9.79 Å². The molecule has 1 aliphatic rings. The predicted octanol–water partition coefficient (Wildman–Crippen LogP) is 0.657. The Labute approximate surface area is 147 Å². The smallest absolute Gasteiger partial charge is 0.404 e. The molecule has 1 aromatic carbocycles. The summed E-state index contributed by atoms with van der Waals surface area (Å²) in [6.07, 6.45) is -0.449. The van der Waals surface area contributed by atoms with Gasteiger partial charge in [-0.05, 0) is 17.7 Å². The van der Waals surface area contributed by atoms with E-state index in [9.17, 15) is 23.7 Å². The van der Waals surface area contributed by atoms with Crippen LogP contribution < -0.4 is 4.52 Å². The lowest BCUT2D eigenvalue weighted by Crippen LogP contribution is -2.32. The topological polar surface area (TPSA) is 148 Å². The van der Waals surface area contributed by atoms with Crippen LogP contribution in [0.1, 0.15) is 31.2 Å². The van der Waals surface area contributed by atoms with Gasteiger partial charge in [0.1, 0.15) is 11.5 Å². The number of rotatable bonds is 8. The third kappa shape index (κ3) is 6.07. The largest absolute Gasteiger partial charge is 0.524 e. The van der Waals surface area contributed by atoms with Crippen molar-refractivity contribution in [2.75, 3.05) is 0 Å². The van der Waals surface area contributed by atoms with E-state index in [-0.39, 0.29) is 43.6 Å². The van der Waals surface area contributed by atoms with E-state index in [0.29, 0.717) is 10.6 Å². The fourth-order valence-corrected chi connectivity index (χ4v) is 2.56. The van der Waals surface area contributed by atoms with E-state index < -0.39 is 25.6 Å². The molecule has 1 fully saturated rings. The fourth-order valence-electron chi connectivity index (χ4n) is 2.17. The van der Waals surface area contributed by atoms with Crippen LogP contribution in [-0.4, -0.2) is 38.4 Å². The van der Waals surface area contributed by atoms with Gasteiger partial charge in [-0.15, -0.1) is 5.06 Å². The molecule has 1 aliphatic heterocycles. The molecule has 0 atom stereocenters. The number of hydrogen-bond acceptors (Lipinski definition) is 7. The Bertz CT molecular complexity index is 752. The fraction of sp³-hybridized carbons (Fsp3) is 0.333. The molecule has 1 heterocycles. The molecule has 2 amide bonds. The van der Waals surface area contributed by atoms with Crippen molar-refractivity contribution in [3.05, 3.63) is 29.8 Å². The van der Waals surface area contributed by atoms with Crippen LogP contribution in [-0.2, 0) is 35.0 Å². The van der Waals surface area contributed by atoms with Crippen molar-refractivity contribution in [2.45, 2.75) is 32.1 Å². The third-order valence-electron chi connectivity index (χ3n) is 3.36. The first-order valence-corrected chi connectivity index (χ1v) is 9.09. The average Bonchev–Trinajstić information content (AvgIpc) is 2.85. The Hall–Kier alpha value is -2.55. The monoisotopic (exact) mass is 385 g/mol. The lowest BCUT2D eigenvalue weighted by Gasteiger charge is -2.12. The van der Waals surface area contributed by atoms with Crippen LogP contribution in [0.2, 0.25) is 0 Å². The van der Waals surface area contributed by atoms with Crippen molar-refractivity contribution in [1.29, 1.82) is 0 Å². The van der Waals surface area contributed by atoms with Gasteiger partial charge in [-0.2, -0.15) is 0 Å². The average molecular weight is 385 g/mol. The van der Waals surface area contributed by atoms with E-state index >= 15 is 0 Å². The lowest BCUT2D eigenvalue weighted by molar-refractivity contribution is -0.197. The minimum absolute atomic E-state index is 0.00717. The molecule has 0 saturated carbocycles. The quantitative estimate of drug-likeness (QED) is 0.486. The first-order chi connectivity index (χ1) is 12.1. The van der Waals surface area contributed by atoms with E-state index in [1.54, 1.807) is 0 Å². The highest BCUT2D eigenvalue weighted by Crippen LogP contribution is 2.37.